The summed E-state index contributed by atoms with van der Waals surface area (Å²) in [5, 5.41) is 0. The second-order valence-corrected chi connectivity index (χ2v) is 5.05. The summed E-state index contributed by atoms with van der Waals surface area (Å²) < 4.78 is 0.990. The molecule has 2 N–H and O–H groups in total. The summed E-state index contributed by atoms with van der Waals surface area (Å²) >= 11 is 3.36. The maximum atomic E-state index is 12.1. The molecule has 1 aromatic carbocycles. The first kappa shape index (κ1) is 11.6. The van der Waals surface area contributed by atoms with Crippen molar-refractivity contribution in [2.45, 2.75) is 18.9 Å². The molecule has 2 rings (SSSR count). The number of amides is 1. The van der Waals surface area contributed by atoms with Gasteiger partial charge in [0.1, 0.15) is 0 Å². The van der Waals surface area contributed by atoms with E-state index in [1.807, 2.05) is 29.2 Å². The van der Waals surface area contributed by atoms with E-state index < -0.39 is 0 Å². The molecular formula is C12H15BrN2O. The SMILES string of the molecule is NC1CCN(C(=O)c2ccc(Br)cc2)CC1. The molecule has 0 bridgehead atoms. The number of nitrogens with zero attached hydrogens (tertiary/aromatic N) is 1. The van der Waals surface area contributed by atoms with Crippen molar-refractivity contribution in [3.8, 4) is 0 Å². The molecule has 16 heavy (non-hydrogen) atoms. The van der Waals surface area contributed by atoms with E-state index >= 15 is 0 Å². The fourth-order valence-corrected chi connectivity index (χ4v) is 2.14. The van der Waals surface area contributed by atoms with Crippen LogP contribution in [0.5, 0.6) is 0 Å². The predicted octanol–water partition coefficient (Wildman–Crippen LogP) is 2.01. The number of likely N-dealkylation sites (tertiary alicyclic amines) is 1. The molecule has 1 aromatic rings. The van der Waals surface area contributed by atoms with Gasteiger partial charge >= 0.3 is 0 Å². The summed E-state index contributed by atoms with van der Waals surface area (Å²) in [6.45, 7) is 1.55. The first-order valence-electron chi connectivity index (χ1n) is 5.47. The normalized spacial score (nSPS) is 17.5. The number of benzene rings is 1. The van der Waals surface area contributed by atoms with Gasteiger partial charge < -0.3 is 10.6 Å². The molecule has 0 radical (unpaired) electrons. The number of halogens is 1. The number of carbonyl (C=O) groups is 1. The van der Waals surface area contributed by atoms with Crippen molar-refractivity contribution in [2.75, 3.05) is 13.1 Å². The van der Waals surface area contributed by atoms with Gasteiger partial charge in [-0.25, -0.2) is 0 Å². The Morgan fingerprint density at radius 1 is 1.25 bits per heavy atom. The van der Waals surface area contributed by atoms with Gasteiger partial charge in [-0.3, -0.25) is 4.79 Å². The third kappa shape index (κ3) is 2.62. The predicted molar refractivity (Wildman–Crippen MR) is 67.3 cm³/mol. The fraction of sp³-hybridized carbons (Fsp3) is 0.417. The fourth-order valence-electron chi connectivity index (χ4n) is 1.88. The monoisotopic (exact) mass is 282 g/mol. The molecule has 1 fully saturated rings. The molecule has 0 atom stereocenters. The van der Waals surface area contributed by atoms with Crippen LogP contribution in [0, 0.1) is 0 Å². The maximum absolute atomic E-state index is 12.1. The van der Waals surface area contributed by atoms with Gasteiger partial charge in [-0.05, 0) is 37.1 Å². The van der Waals surface area contributed by atoms with Crippen LogP contribution in [-0.4, -0.2) is 29.9 Å². The van der Waals surface area contributed by atoms with Crippen LogP contribution in [-0.2, 0) is 0 Å². The van der Waals surface area contributed by atoms with E-state index in [4.69, 9.17) is 5.73 Å². The van der Waals surface area contributed by atoms with E-state index in [0.29, 0.717) is 0 Å². The zero-order valence-electron chi connectivity index (χ0n) is 9.03. The minimum absolute atomic E-state index is 0.111. The van der Waals surface area contributed by atoms with Crippen molar-refractivity contribution < 1.29 is 4.79 Å². The van der Waals surface area contributed by atoms with Crippen molar-refractivity contribution in [1.29, 1.82) is 0 Å². The number of piperidine rings is 1. The lowest BCUT2D eigenvalue weighted by Crippen LogP contribution is -2.42. The van der Waals surface area contributed by atoms with Crippen molar-refractivity contribution in [1.82, 2.24) is 4.90 Å². The topological polar surface area (TPSA) is 46.3 Å². The van der Waals surface area contributed by atoms with E-state index in [1.54, 1.807) is 0 Å². The molecule has 0 aromatic heterocycles. The molecule has 3 nitrogen and oxygen atoms in total. The second-order valence-electron chi connectivity index (χ2n) is 4.14. The van der Waals surface area contributed by atoms with Crippen LogP contribution in [0.15, 0.2) is 28.7 Å². The Hall–Kier alpha value is -0.870. The zero-order chi connectivity index (χ0) is 11.5. The summed E-state index contributed by atoms with van der Waals surface area (Å²) in [5.74, 6) is 0.111. The maximum Gasteiger partial charge on any atom is 0.253 e. The molecule has 0 aliphatic carbocycles. The van der Waals surface area contributed by atoms with Crippen LogP contribution >= 0.6 is 15.9 Å². The third-order valence-electron chi connectivity index (χ3n) is 2.92. The Morgan fingerprint density at radius 3 is 2.38 bits per heavy atom. The van der Waals surface area contributed by atoms with Crippen LogP contribution in [0.25, 0.3) is 0 Å². The summed E-state index contributed by atoms with van der Waals surface area (Å²) in [5.41, 5.74) is 6.56. The molecule has 4 heteroatoms. The van der Waals surface area contributed by atoms with Crippen LogP contribution in [0.1, 0.15) is 23.2 Å². The summed E-state index contributed by atoms with van der Waals surface area (Å²) in [6, 6.07) is 7.74. The van der Waals surface area contributed by atoms with E-state index in [2.05, 4.69) is 15.9 Å². The zero-order valence-corrected chi connectivity index (χ0v) is 10.6. The van der Waals surface area contributed by atoms with Crippen LogP contribution in [0.4, 0.5) is 0 Å². The highest BCUT2D eigenvalue weighted by atomic mass is 79.9. The Balaban J connectivity index is 2.05. The van der Waals surface area contributed by atoms with Crippen LogP contribution < -0.4 is 5.73 Å². The van der Waals surface area contributed by atoms with E-state index in [-0.39, 0.29) is 11.9 Å². The lowest BCUT2D eigenvalue weighted by molar-refractivity contribution is 0.0715. The Morgan fingerprint density at radius 2 is 1.81 bits per heavy atom. The highest BCUT2D eigenvalue weighted by Gasteiger charge is 2.21. The van der Waals surface area contributed by atoms with Gasteiger partial charge in [0, 0.05) is 29.2 Å². The van der Waals surface area contributed by atoms with E-state index in [1.165, 1.54) is 0 Å². The molecule has 1 aliphatic rings. The number of carbonyl (C=O) groups excluding carboxylic acids is 1. The first-order chi connectivity index (χ1) is 7.66. The van der Waals surface area contributed by atoms with Crippen molar-refractivity contribution in [3.05, 3.63) is 34.3 Å². The summed E-state index contributed by atoms with van der Waals surface area (Å²) in [4.78, 5) is 14.0. The number of rotatable bonds is 1. The quantitative estimate of drug-likeness (QED) is 0.857. The molecule has 0 unspecified atom stereocenters. The van der Waals surface area contributed by atoms with E-state index in [9.17, 15) is 4.79 Å². The van der Waals surface area contributed by atoms with Crippen LogP contribution in [0.3, 0.4) is 0 Å². The average Bonchev–Trinajstić information content (AvgIpc) is 2.30. The number of hydrogen-bond acceptors (Lipinski definition) is 2. The molecule has 1 saturated heterocycles. The van der Waals surface area contributed by atoms with Gasteiger partial charge in [-0.2, -0.15) is 0 Å². The van der Waals surface area contributed by atoms with Crippen molar-refractivity contribution in [2.24, 2.45) is 5.73 Å². The number of hydrogen-bond donors (Lipinski definition) is 1. The molecule has 0 spiro atoms. The Kier molecular flexibility index (Phi) is 3.61. The highest BCUT2D eigenvalue weighted by molar-refractivity contribution is 9.10. The molecular weight excluding hydrogens is 268 g/mol. The van der Waals surface area contributed by atoms with Gasteiger partial charge in [0.05, 0.1) is 0 Å². The molecule has 86 valence electrons. The highest BCUT2D eigenvalue weighted by Crippen LogP contribution is 2.15. The van der Waals surface area contributed by atoms with Crippen LogP contribution in [0.2, 0.25) is 0 Å². The second kappa shape index (κ2) is 4.97. The molecule has 1 amide bonds. The third-order valence-corrected chi connectivity index (χ3v) is 3.45. The minimum atomic E-state index is 0.111. The molecule has 1 aliphatic heterocycles. The largest absolute Gasteiger partial charge is 0.339 e. The lowest BCUT2D eigenvalue weighted by atomic mass is 10.1. The van der Waals surface area contributed by atoms with Gasteiger partial charge in [0.25, 0.3) is 5.91 Å². The Bertz CT molecular complexity index is 369. The molecule has 1 heterocycles. The van der Waals surface area contributed by atoms with Gasteiger partial charge in [0.2, 0.25) is 0 Å². The average molecular weight is 283 g/mol. The lowest BCUT2D eigenvalue weighted by Gasteiger charge is -2.30. The van der Waals surface area contributed by atoms with Gasteiger partial charge in [0.15, 0.2) is 0 Å². The van der Waals surface area contributed by atoms with Crippen molar-refractivity contribution >= 4 is 21.8 Å². The summed E-state index contributed by atoms with van der Waals surface area (Å²) in [7, 11) is 0. The summed E-state index contributed by atoms with van der Waals surface area (Å²) in [6.07, 6.45) is 1.81. The Labute approximate surface area is 104 Å². The minimum Gasteiger partial charge on any atom is -0.339 e. The smallest absolute Gasteiger partial charge is 0.253 e. The van der Waals surface area contributed by atoms with Gasteiger partial charge in [-0.1, -0.05) is 15.9 Å². The van der Waals surface area contributed by atoms with Gasteiger partial charge in [-0.15, -0.1) is 0 Å². The van der Waals surface area contributed by atoms with Crippen molar-refractivity contribution in [3.63, 3.8) is 0 Å². The molecule has 0 saturated carbocycles. The standard InChI is InChI=1S/C12H15BrN2O/c13-10-3-1-9(2-4-10)12(16)15-7-5-11(14)6-8-15/h1-4,11H,5-8,14H2. The van der Waals surface area contributed by atoms with E-state index in [0.717, 1.165) is 36.0 Å². The number of nitrogens with two attached hydrogens (primary N) is 1. The first-order valence-corrected chi connectivity index (χ1v) is 6.26.